The molecule has 0 radical (unpaired) electrons. The van der Waals surface area contributed by atoms with Crippen molar-refractivity contribution in [2.75, 3.05) is 0 Å². The first-order valence-corrected chi connectivity index (χ1v) is 21.9. The fourth-order valence-electron chi connectivity index (χ4n) is 10.5. The Morgan fingerprint density at radius 1 is 0.266 bits per heavy atom. The molecule has 296 valence electrons. The second-order valence-electron chi connectivity index (χ2n) is 17.0. The molecule has 4 nitrogen and oxygen atoms in total. The number of rotatable bonds is 4. The van der Waals surface area contributed by atoms with Gasteiger partial charge >= 0.3 is 0 Å². The summed E-state index contributed by atoms with van der Waals surface area (Å²) >= 11 is 0. The van der Waals surface area contributed by atoms with Gasteiger partial charge in [-0.25, -0.2) is 9.97 Å². The molecule has 14 rings (SSSR count). The first-order valence-electron chi connectivity index (χ1n) is 21.9. The van der Waals surface area contributed by atoms with Crippen molar-refractivity contribution in [1.82, 2.24) is 19.1 Å². The summed E-state index contributed by atoms with van der Waals surface area (Å²) in [7, 11) is 0. The van der Waals surface area contributed by atoms with Crippen molar-refractivity contribution in [3.8, 4) is 33.9 Å². The molecular weight excluding hydrogens is 777 g/mol. The maximum Gasteiger partial charge on any atom is 0.0973 e. The van der Waals surface area contributed by atoms with Gasteiger partial charge in [0.15, 0.2) is 0 Å². The van der Waals surface area contributed by atoms with Crippen molar-refractivity contribution in [1.29, 1.82) is 0 Å². The largest absolute Gasteiger partial charge is 0.309 e. The van der Waals surface area contributed by atoms with Crippen LogP contribution < -0.4 is 0 Å². The molecule has 0 aliphatic carbocycles. The van der Waals surface area contributed by atoms with Gasteiger partial charge in [0.1, 0.15) is 0 Å². The number of nitrogens with zero attached hydrogens (tertiary/aromatic N) is 4. The zero-order valence-corrected chi connectivity index (χ0v) is 34.6. The smallest absolute Gasteiger partial charge is 0.0973 e. The van der Waals surface area contributed by atoms with E-state index in [0.717, 1.165) is 50.3 Å². The Morgan fingerprint density at radius 2 is 0.797 bits per heavy atom. The zero-order chi connectivity index (χ0) is 41.9. The van der Waals surface area contributed by atoms with Gasteiger partial charge in [0, 0.05) is 43.7 Å². The lowest BCUT2D eigenvalue weighted by atomic mass is 9.97. The number of benzene rings is 11. The first-order chi connectivity index (χ1) is 31.7. The number of para-hydroxylation sites is 4. The molecule has 0 fully saturated rings. The summed E-state index contributed by atoms with van der Waals surface area (Å²) in [6.07, 6.45) is 0. The average molecular weight is 813 g/mol. The highest BCUT2D eigenvalue weighted by Crippen LogP contribution is 2.41. The van der Waals surface area contributed by atoms with E-state index in [1.165, 1.54) is 81.4 Å². The lowest BCUT2D eigenvalue weighted by Crippen LogP contribution is -1.98. The minimum Gasteiger partial charge on any atom is -0.309 e. The van der Waals surface area contributed by atoms with Crippen LogP contribution in [-0.2, 0) is 0 Å². The Balaban J connectivity index is 0.973. The van der Waals surface area contributed by atoms with Crippen LogP contribution in [0.25, 0.3) is 132 Å². The van der Waals surface area contributed by atoms with E-state index in [9.17, 15) is 0 Å². The molecule has 0 aliphatic rings. The van der Waals surface area contributed by atoms with Crippen LogP contribution in [0.3, 0.4) is 0 Å². The fraction of sp³-hybridized carbons (Fsp3) is 0. The van der Waals surface area contributed by atoms with Gasteiger partial charge in [-0.1, -0.05) is 146 Å². The van der Waals surface area contributed by atoms with Gasteiger partial charge in [-0.15, -0.1) is 0 Å². The monoisotopic (exact) mass is 812 g/mol. The molecule has 0 amide bonds. The molecule has 11 aromatic carbocycles. The highest BCUT2D eigenvalue weighted by molar-refractivity contribution is 6.18. The van der Waals surface area contributed by atoms with Gasteiger partial charge < -0.3 is 9.13 Å². The molecule has 3 heterocycles. The van der Waals surface area contributed by atoms with E-state index in [0.29, 0.717) is 0 Å². The second-order valence-corrected chi connectivity index (χ2v) is 17.0. The molecule has 0 unspecified atom stereocenters. The number of aromatic nitrogens is 4. The Morgan fingerprint density at radius 3 is 1.58 bits per heavy atom. The van der Waals surface area contributed by atoms with E-state index in [1.54, 1.807) is 0 Å². The molecule has 0 N–H and O–H groups in total. The lowest BCUT2D eigenvalue weighted by molar-refractivity contribution is 1.18. The second kappa shape index (κ2) is 13.4. The molecule has 3 aromatic heterocycles. The van der Waals surface area contributed by atoms with E-state index >= 15 is 0 Å². The third-order valence-electron chi connectivity index (χ3n) is 13.4. The van der Waals surface area contributed by atoms with Crippen molar-refractivity contribution in [2.24, 2.45) is 0 Å². The van der Waals surface area contributed by atoms with E-state index in [2.05, 4.69) is 215 Å². The summed E-state index contributed by atoms with van der Waals surface area (Å²) in [5, 5.41) is 14.7. The van der Waals surface area contributed by atoms with Gasteiger partial charge in [0.2, 0.25) is 0 Å². The molecule has 0 saturated carbocycles. The predicted octanol–water partition coefficient (Wildman–Crippen LogP) is 15.8. The van der Waals surface area contributed by atoms with Crippen LogP contribution in [0.1, 0.15) is 0 Å². The van der Waals surface area contributed by atoms with Crippen LogP contribution in [0, 0.1) is 0 Å². The maximum absolute atomic E-state index is 5.36. The Kier molecular flexibility index (Phi) is 7.36. The number of hydrogen-bond donors (Lipinski definition) is 0. The van der Waals surface area contributed by atoms with Crippen molar-refractivity contribution >= 4 is 97.7 Å². The minimum atomic E-state index is 0.857. The van der Waals surface area contributed by atoms with Crippen molar-refractivity contribution in [3.05, 3.63) is 218 Å². The summed E-state index contributed by atoms with van der Waals surface area (Å²) in [5.74, 6) is 0. The maximum atomic E-state index is 5.36. The van der Waals surface area contributed by atoms with Crippen LogP contribution >= 0.6 is 0 Å². The Hall–Kier alpha value is -8.60. The molecule has 0 bridgehead atoms. The third kappa shape index (κ3) is 5.17. The van der Waals surface area contributed by atoms with Crippen LogP contribution in [0.15, 0.2) is 218 Å². The van der Waals surface area contributed by atoms with E-state index < -0.39 is 0 Å². The summed E-state index contributed by atoms with van der Waals surface area (Å²) in [5.41, 5.74) is 12.5. The molecule has 0 atom stereocenters. The summed E-state index contributed by atoms with van der Waals surface area (Å²) in [6.45, 7) is 0. The van der Waals surface area contributed by atoms with E-state index in [1.807, 2.05) is 12.1 Å². The minimum absolute atomic E-state index is 0.857. The SMILES string of the molecule is c1cc(-c2nc3ccccc3nc2-c2ccc3c(ccc4ccccc43)c2)cc(-n2c3ccccc3c3cc4c(-n5c6ccccc6c6cc7ccccc7cc65)cccc4cc32)c1. The zero-order valence-electron chi connectivity index (χ0n) is 34.6. The molecule has 4 heteroatoms. The van der Waals surface area contributed by atoms with Gasteiger partial charge in [-0.3, -0.25) is 0 Å². The Labute approximate surface area is 367 Å². The number of hydrogen-bond acceptors (Lipinski definition) is 2. The molecule has 64 heavy (non-hydrogen) atoms. The molecule has 14 aromatic rings. The molecule has 0 aliphatic heterocycles. The lowest BCUT2D eigenvalue weighted by Gasteiger charge is -2.15. The standard InChI is InChI=1S/C60H36N4/c1-2-15-39-34-58-50(33-38(39)14-1)47-20-6-10-25-55(47)64(58)56-26-12-16-40-35-57-51(36-49(40)56)48-21-5-9-24-54(48)63(57)44-18-11-17-42(32-44)59-60(62-53-23-8-7-22-52(53)61-59)43-29-30-46-41(31-43)28-27-37-13-3-4-19-45(37)46/h1-36H. The van der Waals surface area contributed by atoms with Crippen LogP contribution in [0.2, 0.25) is 0 Å². The Bertz CT molecular complexity index is 4270. The topological polar surface area (TPSA) is 35.6 Å². The summed E-state index contributed by atoms with van der Waals surface area (Å²) < 4.78 is 4.88. The molecule has 0 saturated heterocycles. The van der Waals surface area contributed by atoms with E-state index in [4.69, 9.17) is 9.97 Å². The fourth-order valence-corrected chi connectivity index (χ4v) is 10.5. The van der Waals surface area contributed by atoms with Crippen LogP contribution in [0.5, 0.6) is 0 Å². The highest BCUT2D eigenvalue weighted by Gasteiger charge is 2.20. The van der Waals surface area contributed by atoms with Gasteiger partial charge in [-0.05, 0) is 110 Å². The van der Waals surface area contributed by atoms with Crippen LogP contribution in [-0.4, -0.2) is 19.1 Å². The van der Waals surface area contributed by atoms with Crippen LogP contribution in [0.4, 0.5) is 0 Å². The highest BCUT2D eigenvalue weighted by atomic mass is 15.0. The van der Waals surface area contributed by atoms with Gasteiger partial charge in [-0.2, -0.15) is 0 Å². The third-order valence-corrected chi connectivity index (χ3v) is 13.4. The normalized spacial score (nSPS) is 12.1. The summed E-state index contributed by atoms with van der Waals surface area (Å²) in [6, 6.07) is 79.2. The molecule has 0 spiro atoms. The average Bonchev–Trinajstić information content (AvgIpc) is 3.85. The van der Waals surface area contributed by atoms with Crippen molar-refractivity contribution in [2.45, 2.75) is 0 Å². The number of fused-ring (bicyclic) bond motifs is 12. The van der Waals surface area contributed by atoms with Crippen molar-refractivity contribution in [3.63, 3.8) is 0 Å². The summed E-state index contributed by atoms with van der Waals surface area (Å²) in [4.78, 5) is 10.7. The van der Waals surface area contributed by atoms with Gasteiger partial charge in [0.05, 0.1) is 50.2 Å². The molecular formula is C60H36N4. The first kappa shape index (κ1) is 35.0. The van der Waals surface area contributed by atoms with E-state index in [-0.39, 0.29) is 0 Å². The van der Waals surface area contributed by atoms with Gasteiger partial charge in [0.25, 0.3) is 0 Å². The quantitative estimate of drug-likeness (QED) is 0.166. The van der Waals surface area contributed by atoms with Crippen molar-refractivity contribution < 1.29 is 0 Å². The predicted molar refractivity (Wildman–Crippen MR) is 269 cm³/mol.